The minimum atomic E-state index is 0.397. The first kappa shape index (κ1) is 16.8. The third-order valence-corrected chi connectivity index (χ3v) is 5.01. The largest absolute Gasteiger partial charge is 0.378 e. The molecule has 1 aromatic carbocycles. The first-order valence-corrected chi connectivity index (χ1v) is 8.97. The van der Waals surface area contributed by atoms with E-state index in [1.165, 1.54) is 12.1 Å². The Morgan fingerprint density at radius 1 is 1.27 bits per heavy atom. The maximum absolute atomic E-state index is 5.26. The number of methoxy groups -OCH3 is 1. The molecule has 0 spiro atoms. The Hall–Kier alpha value is -2.67. The summed E-state index contributed by atoms with van der Waals surface area (Å²) < 4.78 is 7.07. The quantitative estimate of drug-likeness (QED) is 0.703. The molecule has 1 fully saturated rings. The number of benzene rings is 1. The predicted molar refractivity (Wildman–Crippen MR) is 102 cm³/mol. The molecule has 136 valence electrons. The fourth-order valence-corrected chi connectivity index (χ4v) is 3.65. The molecule has 7 nitrogen and oxygen atoms in total. The number of likely N-dealkylation sites (N-methyl/N-ethyl adjacent to an activating group) is 1. The van der Waals surface area contributed by atoms with Crippen LogP contribution in [0.5, 0.6) is 0 Å². The molecule has 3 heterocycles. The van der Waals surface area contributed by atoms with Gasteiger partial charge in [-0.25, -0.2) is 4.98 Å². The standard InChI is InChI=1S/C19H24N6O/c1-23(17-9-6-10-24(12-17)16-7-4-3-5-8-16)18-11-15(13-26-2)22-19-20-14-21-25(18)19/h3-5,7-8,11,14,17H,6,9-10,12-13H2,1-2H3. The normalized spacial score (nSPS) is 17.6. The fourth-order valence-electron chi connectivity index (χ4n) is 3.65. The predicted octanol–water partition coefficient (Wildman–Crippen LogP) is 2.38. The molecule has 0 aliphatic carbocycles. The number of piperidine rings is 1. The molecule has 3 aromatic rings. The van der Waals surface area contributed by atoms with Gasteiger partial charge in [0.05, 0.1) is 12.3 Å². The molecule has 1 aliphatic heterocycles. The van der Waals surface area contributed by atoms with Crippen molar-refractivity contribution >= 4 is 17.3 Å². The second kappa shape index (κ2) is 7.29. The van der Waals surface area contributed by atoms with Crippen molar-refractivity contribution in [3.63, 3.8) is 0 Å². The van der Waals surface area contributed by atoms with Gasteiger partial charge >= 0.3 is 0 Å². The highest BCUT2D eigenvalue weighted by molar-refractivity contribution is 5.50. The van der Waals surface area contributed by atoms with Crippen molar-refractivity contribution in [1.29, 1.82) is 0 Å². The third-order valence-electron chi connectivity index (χ3n) is 5.01. The van der Waals surface area contributed by atoms with Crippen LogP contribution in [0.15, 0.2) is 42.7 Å². The molecule has 1 saturated heterocycles. The molecule has 7 heteroatoms. The van der Waals surface area contributed by atoms with Gasteiger partial charge in [-0.05, 0) is 25.0 Å². The van der Waals surface area contributed by atoms with Crippen molar-refractivity contribution in [3.8, 4) is 0 Å². The van der Waals surface area contributed by atoms with Crippen molar-refractivity contribution in [2.75, 3.05) is 37.0 Å². The van der Waals surface area contributed by atoms with E-state index in [0.717, 1.165) is 31.0 Å². The topological polar surface area (TPSA) is 58.8 Å². The Morgan fingerprint density at radius 3 is 2.92 bits per heavy atom. The van der Waals surface area contributed by atoms with Gasteiger partial charge in [-0.3, -0.25) is 0 Å². The lowest BCUT2D eigenvalue weighted by atomic mass is 10.0. The van der Waals surface area contributed by atoms with E-state index < -0.39 is 0 Å². The Bertz CT molecular complexity index is 865. The van der Waals surface area contributed by atoms with E-state index >= 15 is 0 Å². The Morgan fingerprint density at radius 2 is 2.12 bits per heavy atom. The van der Waals surface area contributed by atoms with E-state index in [4.69, 9.17) is 4.74 Å². The van der Waals surface area contributed by atoms with Crippen LogP contribution in [0.2, 0.25) is 0 Å². The maximum Gasteiger partial charge on any atom is 0.254 e. The molecule has 1 atom stereocenters. The van der Waals surface area contributed by atoms with Crippen molar-refractivity contribution in [2.24, 2.45) is 0 Å². The maximum atomic E-state index is 5.26. The van der Waals surface area contributed by atoms with Crippen LogP contribution in [0, 0.1) is 0 Å². The molecular weight excluding hydrogens is 328 g/mol. The van der Waals surface area contributed by atoms with Gasteiger partial charge in [-0.15, -0.1) is 0 Å². The molecule has 0 amide bonds. The van der Waals surface area contributed by atoms with E-state index in [1.807, 2.05) is 6.07 Å². The molecular formula is C19H24N6O. The van der Waals surface area contributed by atoms with Crippen LogP contribution < -0.4 is 9.80 Å². The van der Waals surface area contributed by atoms with Gasteiger partial charge in [-0.2, -0.15) is 14.6 Å². The number of anilines is 2. The van der Waals surface area contributed by atoms with Crippen LogP contribution in [0.3, 0.4) is 0 Å². The number of hydrogen-bond donors (Lipinski definition) is 0. The summed E-state index contributed by atoms with van der Waals surface area (Å²) in [6.45, 7) is 2.54. The Labute approximate surface area is 153 Å². The summed E-state index contributed by atoms with van der Waals surface area (Å²) in [6.07, 6.45) is 3.87. The van der Waals surface area contributed by atoms with Gasteiger partial charge < -0.3 is 14.5 Å². The molecule has 4 rings (SSSR count). The SMILES string of the molecule is COCc1cc(N(C)C2CCCN(c3ccccc3)C2)n2ncnc2n1. The summed E-state index contributed by atoms with van der Waals surface area (Å²) in [5.74, 6) is 1.61. The van der Waals surface area contributed by atoms with Gasteiger partial charge in [0, 0.05) is 45.0 Å². The first-order valence-electron chi connectivity index (χ1n) is 8.97. The Balaban J connectivity index is 1.61. The molecule has 26 heavy (non-hydrogen) atoms. The number of aromatic nitrogens is 4. The van der Waals surface area contributed by atoms with E-state index in [9.17, 15) is 0 Å². The minimum absolute atomic E-state index is 0.397. The molecule has 0 saturated carbocycles. The fraction of sp³-hybridized carbons (Fsp3) is 0.421. The summed E-state index contributed by atoms with van der Waals surface area (Å²) in [5, 5.41) is 4.36. The van der Waals surface area contributed by atoms with Gasteiger partial charge in [0.15, 0.2) is 0 Å². The highest BCUT2D eigenvalue weighted by Gasteiger charge is 2.25. The number of hydrogen-bond acceptors (Lipinski definition) is 6. The number of fused-ring (bicyclic) bond motifs is 1. The number of nitrogens with zero attached hydrogens (tertiary/aromatic N) is 6. The molecule has 0 bridgehead atoms. The second-order valence-electron chi connectivity index (χ2n) is 6.70. The van der Waals surface area contributed by atoms with Crippen LogP contribution in [-0.2, 0) is 11.3 Å². The van der Waals surface area contributed by atoms with E-state index in [0.29, 0.717) is 18.4 Å². The van der Waals surface area contributed by atoms with Crippen LogP contribution in [0.25, 0.3) is 5.78 Å². The van der Waals surface area contributed by atoms with Gasteiger partial charge in [0.1, 0.15) is 12.1 Å². The van der Waals surface area contributed by atoms with Crippen LogP contribution in [-0.4, -0.2) is 52.9 Å². The van der Waals surface area contributed by atoms with Gasteiger partial charge in [0.2, 0.25) is 0 Å². The van der Waals surface area contributed by atoms with Crippen molar-refractivity contribution < 1.29 is 4.74 Å². The molecule has 0 radical (unpaired) electrons. The van der Waals surface area contributed by atoms with Crippen molar-refractivity contribution in [1.82, 2.24) is 19.6 Å². The first-order chi connectivity index (χ1) is 12.8. The molecule has 0 N–H and O–H groups in total. The summed E-state index contributed by atoms with van der Waals surface area (Å²) in [5.41, 5.74) is 2.15. The smallest absolute Gasteiger partial charge is 0.254 e. The summed E-state index contributed by atoms with van der Waals surface area (Å²) in [6, 6.07) is 13.1. The van der Waals surface area contributed by atoms with Crippen LogP contribution in [0.4, 0.5) is 11.5 Å². The van der Waals surface area contributed by atoms with E-state index in [1.54, 1.807) is 18.0 Å². The summed E-state index contributed by atoms with van der Waals surface area (Å²) in [4.78, 5) is 13.5. The lowest BCUT2D eigenvalue weighted by Gasteiger charge is -2.39. The number of para-hydroxylation sites is 1. The molecule has 2 aromatic heterocycles. The van der Waals surface area contributed by atoms with Gasteiger partial charge in [0.25, 0.3) is 5.78 Å². The Kier molecular flexibility index (Phi) is 4.71. The summed E-state index contributed by atoms with van der Waals surface area (Å²) in [7, 11) is 3.81. The molecule has 1 aliphatic rings. The monoisotopic (exact) mass is 352 g/mol. The van der Waals surface area contributed by atoms with Crippen LogP contribution in [0.1, 0.15) is 18.5 Å². The lowest BCUT2D eigenvalue weighted by Crippen LogP contribution is -2.47. The zero-order valence-electron chi connectivity index (χ0n) is 15.2. The van der Waals surface area contributed by atoms with Crippen molar-refractivity contribution in [2.45, 2.75) is 25.5 Å². The average molecular weight is 352 g/mol. The van der Waals surface area contributed by atoms with E-state index in [2.05, 4.69) is 62.2 Å². The highest BCUT2D eigenvalue weighted by Crippen LogP contribution is 2.25. The number of rotatable bonds is 5. The highest BCUT2D eigenvalue weighted by atomic mass is 16.5. The number of ether oxygens (including phenoxy) is 1. The zero-order valence-corrected chi connectivity index (χ0v) is 15.2. The lowest BCUT2D eigenvalue weighted by molar-refractivity contribution is 0.181. The second-order valence-corrected chi connectivity index (χ2v) is 6.70. The third kappa shape index (κ3) is 3.22. The molecule has 1 unspecified atom stereocenters. The van der Waals surface area contributed by atoms with Crippen LogP contribution >= 0.6 is 0 Å². The zero-order chi connectivity index (χ0) is 17.9. The van der Waals surface area contributed by atoms with Gasteiger partial charge in [-0.1, -0.05) is 18.2 Å². The van der Waals surface area contributed by atoms with E-state index in [-0.39, 0.29) is 0 Å². The average Bonchev–Trinajstić information content (AvgIpc) is 3.16. The minimum Gasteiger partial charge on any atom is -0.378 e. The van der Waals surface area contributed by atoms with Crippen molar-refractivity contribution in [3.05, 3.63) is 48.4 Å². The summed E-state index contributed by atoms with van der Waals surface area (Å²) >= 11 is 0.